The second kappa shape index (κ2) is 5.38. The lowest BCUT2D eigenvalue weighted by molar-refractivity contribution is -0.113. The molecule has 0 heterocycles. The summed E-state index contributed by atoms with van der Waals surface area (Å²) in [6, 6.07) is 9.92. The molecule has 0 bridgehead atoms. The van der Waals surface area contributed by atoms with E-state index in [-0.39, 0.29) is 18.1 Å². The van der Waals surface area contributed by atoms with Gasteiger partial charge in [0.1, 0.15) is 0 Å². The Balaban J connectivity index is 1.78. The van der Waals surface area contributed by atoms with Crippen molar-refractivity contribution in [2.75, 3.05) is 6.26 Å². The van der Waals surface area contributed by atoms with Gasteiger partial charge in [-0.1, -0.05) is 37.3 Å². The second-order valence-corrected chi connectivity index (χ2v) is 6.37. The van der Waals surface area contributed by atoms with Crippen molar-refractivity contribution in [3.8, 4) is 0 Å². The fourth-order valence-electron chi connectivity index (χ4n) is 2.05. The Morgan fingerprint density at radius 3 is 2.44 bits per heavy atom. The molecule has 4 nitrogen and oxygen atoms in total. The Morgan fingerprint density at radius 2 is 1.89 bits per heavy atom. The van der Waals surface area contributed by atoms with E-state index in [4.69, 9.17) is 8.92 Å². The Bertz CT molecular complexity index is 483. The van der Waals surface area contributed by atoms with E-state index in [0.717, 1.165) is 11.8 Å². The van der Waals surface area contributed by atoms with Crippen molar-refractivity contribution in [1.29, 1.82) is 0 Å². The number of hydrogen-bond acceptors (Lipinski definition) is 4. The topological polar surface area (TPSA) is 52.6 Å². The van der Waals surface area contributed by atoms with E-state index in [1.54, 1.807) is 0 Å². The first-order valence-corrected chi connectivity index (χ1v) is 7.81. The van der Waals surface area contributed by atoms with Crippen molar-refractivity contribution in [3.05, 3.63) is 35.9 Å². The summed E-state index contributed by atoms with van der Waals surface area (Å²) in [6.07, 6.45) is 1.57. The standard InChI is InChI=1S/C13H18O4S/c1-10-12(8-13(10)17-18(2,14)15)16-9-11-6-4-3-5-7-11/h3-7,10,12-13H,8-9H2,1-2H3. The molecule has 18 heavy (non-hydrogen) atoms. The second-order valence-electron chi connectivity index (χ2n) is 4.77. The van der Waals surface area contributed by atoms with E-state index >= 15 is 0 Å². The molecular weight excluding hydrogens is 252 g/mol. The quantitative estimate of drug-likeness (QED) is 0.767. The molecule has 2 rings (SSSR count). The zero-order valence-electron chi connectivity index (χ0n) is 10.6. The maximum absolute atomic E-state index is 11.0. The Morgan fingerprint density at radius 1 is 1.22 bits per heavy atom. The van der Waals surface area contributed by atoms with Crippen LogP contribution >= 0.6 is 0 Å². The first kappa shape index (κ1) is 13.5. The van der Waals surface area contributed by atoms with Gasteiger partial charge in [-0.15, -0.1) is 0 Å². The molecule has 1 saturated carbocycles. The monoisotopic (exact) mass is 270 g/mol. The summed E-state index contributed by atoms with van der Waals surface area (Å²) in [5.74, 6) is 0.114. The van der Waals surface area contributed by atoms with E-state index in [9.17, 15) is 8.42 Å². The highest BCUT2D eigenvalue weighted by molar-refractivity contribution is 7.86. The van der Waals surface area contributed by atoms with Crippen LogP contribution in [-0.4, -0.2) is 26.9 Å². The Hall–Kier alpha value is -0.910. The van der Waals surface area contributed by atoms with Crippen LogP contribution < -0.4 is 0 Å². The largest absolute Gasteiger partial charge is 0.373 e. The Kier molecular flexibility index (Phi) is 4.04. The number of benzene rings is 1. The van der Waals surface area contributed by atoms with Crippen LogP contribution in [0.3, 0.4) is 0 Å². The van der Waals surface area contributed by atoms with Crippen LogP contribution in [0.15, 0.2) is 30.3 Å². The molecule has 1 fully saturated rings. The van der Waals surface area contributed by atoms with E-state index < -0.39 is 10.1 Å². The van der Waals surface area contributed by atoms with Gasteiger partial charge < -0.3 is 4.74 Å². The summed E-state index contributed by atoms with van der Waals surface area (Å²) >= 11 is 0. The molecule has 1 aromatic rings. The fourth-order valence-corrected chi connectivity index (χ4v) is 2.75. The lowest BCUT2D eigenvalue weighted by Gasteiger charge is -2.41. The minimum Gasteiger partial charge on any atom is -0.373 e. The average molecular weight is 270 g/mol. The minimum absolute atomic E-state index is 0.0805. The summed E-state index contributed by atoms with van der Waals surface area (Å²) in [6.45, 7) is 2.51. The summed E-state index contributed by atoms with van der Waals surface area (Å²) < 4.78 is 32.7. The lowest BCUT2D eigenvalue weighted by Crippen LogP contribution is -2.47. The van der Waals surface area contributed by atoms with Gasteiger partial charge in [0.05, 0.1) is 25.1 Å². The van der Waals surface area contributed by atoms with E-state index in [0.29, 0.717) is 13.0 Å². The van der Waals surface area contributed by atoms with Crippen LogP contribution in [0.25, 0.3) is 0 Å². The van der Waals surface area contributed by atoms with E-state index in [1.807, 2.05) is 37.3 Å². The number of hydrogen-bond donors (Lipinski definition) is 0. The van der Waals surface area contributed by atoms with Gasteiger partial charge in [-0.05, 0) is 5.56 Å². The highest BCUT2D eigenvalue weighted by atomic mass is 32.2. The van der Waals surface area contributed by atoms with Gasteiger partial charge in [0.2, 0.25) is 0 Å². The molecule has 0 saturated heterocycles. The third-order valence-corrected chi connectivity index (χ3v) is 3.84. The van der Waals surface area contributed by atoms with Crippen molar-refractivity contribution in [3.63, 3.8) is 0 Å². The summed E-state index contributed by atoms with van der Waals surface area (Å²) in [5.41, 5.74) is 1.12. The summed E-state index contributed by atoms with van der Waals surface area (Å²) in [4.78, 5) is 0. The normalized spacial score (nSPS) is 27.8. The van der Waals surface area contributed by atoms with Crippen LogP contribution in [0, 0.1) is 5.92 Å². The van der Waals surface area contributed by atoms with Crippen molar-refractivity contribution < 1.29 is 17.3 Å². The van der Waals surface area contributed by atoms with Crippen LogP contribution in [0.2, 0.25) is 0 Å². The molecule has 0 aromatic heterocycles. The molecule has 0 aliphatic heterocycles. The van der Waals surface area contributed by atoms with Gasteiger partial charge >= 0.3 is 0 Å². The van der Waals surface area contributed by atoms with Gasteiger partial charge in [-0.2, -0.15) is 8.42 Å². The molecule has 0 radical (unpaired) electrons. The van der Waals surface area contributed by atoms with Crippen molar-refractivity contribution >= 4 is 10.1 Å². The van der Waals surface area contributed by atoms with E-state index in [2.05, 4.69) is 0 Å². The maximum Gasteiger partial charge on any atom is 0.264 e. The number of ether oxygens (including phenoxy) is 1. The first-order valence-electron chi connectivity index (χ1n) is 5.99. The van der Waals surface area contributed by atoms with Gasteiger partial charge in [-0.3, -0.25) is 4.18 Å². The van der Waals surface area contributed by atoms with Crippen LogP contribution in [0.4, 0.5) is 0 Å². The Labute approximate surface area is 108 Å². The van der Waals surface area contributed by atoms with Gasteiger partial charge in [-0.25, -0.2) is 0 Å². The summed E-state index contributed by atoms with van der Waals surface area (Å²) in [5, 5.41) is 0. The molecule has 0 spiro atoms. The third-order valence-electron chi connectivity index (χ3n) is 3.24. The molecule has 3 unspecified atom stereocenters. The van der Waals surface area contributed by atoms with E-state index in [1.165, 1.54) is 0 Å². The molecule has 100 valence electrons. The molecule has 1 aliphatic carbocycles. The first-order chi connectivity index (χ1) is 8.46. The lowest BCUT2D eigenvalue weighted by atomic mass is 9.80. The molecule has 0 amide bonds. The van der Waals surface area contributed by atoms with Crippen LogP contribution in [0.5, 0.6) is 0 Å². The van der Waals surface area contributed by atoms with Gasteiger partial charge in [0, 0.05) is 12.3 Å². The maximum atomic E-state index is 11.0. The highest BCUT2D eigenvalue weighted by Gasteiger charge is 2.41. The van der Waals surface area contributed by atoms with Crippen molar-refractivity contribution in [1.82, 2.24) is 0 Å². The number of rotatable bonds is 5. The zero-order valence-corrected chi connectivity index (χ0v) is 11.4. The van der Waals surface area contributed by atoms with Gasteiger partial charge in [0.25, 0.3) is 10.1 Å². The third kappa shape index (κ3) is 3.54. The van der Waals surface area contributed by atoms with Crippen molar-refractivity contribution in [2.45, 2.75) is 32.2 Å². The predicted octanol–water partition coefficient (Wildman–Crippen LogP) is 1.96. The summed E-state index contributed by atoms with van der Waals surface area (Å²) in [7, 11) is -3.36. The van der Waals surface area contributed by atoms with Crippen LogP contribution in [0.1, 0.15) is 18.9 Å². The molecule has 0 N–H and O–H groups in total. The average Bonchev–Trinajstić information content (AvgIpc) is 2.32. The molecule has 5 heteroatoms. The SMILES string of the molecule is CC1C(OCc2ccccc2)CC1OS(C)(=O)=O. The van der Waals surface area contributed by atoms with Gasteiger partial charge in [0.15, 0.2) is 0 Å². The fraction of sp³-hybridized carbons (Fsp3) is 0.538. The highest BCUT2D eigenvalue weighted by Crippen LogP contribution is 2.34. The zero-order chi connectivity index (χ0) is 13.2. The molecule has 1 aliphatic rings. The van der Waals surface area contributed by atoms with Crippen LogP contribution in [-0.2, 0) is 25.6 Å². The van der Waals surface area contributed by atoms with Crippen molar-refractivity contribution in [2.24, 2.45) is 5.92 Å². The molecule has 3 atom stereocenters. The predicted molar refractivity (Wildman–Crippen MR) is 68.5 cm³/mol. The molecule has 1 aromatic carbocycles. The minimum atomic E-state index is -3.36. The smallest absolute Gasteiger partial charge is 0.264 e. The molecular formula is C13H18O4S.